The molecule has 3 aromatic rings. The standard InChI is InChI=1S/C18H12F6N2OS/c19-17(20,21)9-4-3-5-10(8-9)26-15(27)13-11-6-1-2-7-12(11)28-14(13)25-16(26)18(22,23)24/h3-5,8H,1-2,6-7H2. The average Bonchev–Trinajstić information content (AvgIpc) is 2.99. The van der Waals surface area contributed by atoms with E-state index < -0.39 is 35.0 Å². The monoisotopic (exact) mass is 418 g/mol. The zero-order valence-electron chi connectivity index (χ0n) is 14.1. The number of benzene rings is 1. The van der Waals surface area contributed by atoms with Crippen molar-refractivity contribution in [3.05, 3.63) is 56.4 Å². The van der Waals surface area contributed by atoms with E-state index in [1.807, 2.05) is 0 Å². The minimum absolute atomic E-state index is 0.0209. The van der Waals surface area contributed by atoms with E-state index in [0.29, 0.717) is 24.5 Å². The van der Waals surface area contributed by atoms with Crippen molar-refractivity contribution in [1.82, 2.24) is 9.55 Å². The normalized spacial score (nSPS) is 15.1. The molecule has 0 bridgehead atoms. The Labute approximate surface area is 158 Å². The summed E-state index contributed by atoms with van der Waals surface area (Å²) in [6, 6.07) is 3.28. The van der Waals surface area contributed by atoms with Crippen molar-refractivity contribution in [3.8, 4) is 5.69 Å². The van der Waals surface area contributed by atoms with Crippen LogP contribution in [0.25, 0.3) is 15.9 Å². The van der Waals surface area contributed by atoms with E-state index in [9.17, 15) is 31.1 Å². The van der Waals surface area contributed by atoms with Crippen molar-refractivity contribution in [1.29, 1.82) is 0 Å². The molecule has 1 aliphatic rings. The average molecular weight is 418 g/mol. The summed E-state index contributed by atoms with van der Waals surface area (Å²) in [5, 5.41) is 0.0742. The number of aryl methyl sites for hydroxylation is 2. The van der Waals surface area contributed by atoms with Crippen LogP contribution in [0.1, 0.15) is 34.7 Å². The molecule has 3 nitrogen and oxygen atoms in total. The van der Waals surface area contributed by atoms with E-state index in [1.165, 1.54) is 0 Å². The predicted molar refractivity (Wildman–Crippen MR) is 91.9 cm³/mol. The Morgan fingerprint density at radius 2 is 1.71 bits per heavy atom. The fraction of sp³-hybridized carbons (Fsp3) is 0.333. The van der Waals surface area contributed by atoms with E-state index in [0.717, 1.165) is 47.3 Å². The quantitative estimate of drug-likeness (QED) is 0.499. The number of alkyl halides is 6. The van der Waals surface area contributed by atoms with Gasteiger partial charge in [-0.05, 0) is 49.4 Å². The number of hydrogen-bond donors (Lipinski definition) is 0. The molecule has 0 spiro atoms. The number of aromatic nitrogens is 2. The first-order valence-corrected chi connectivity index (χ1v) is 9.21. The summed E-state index contributed by atoms with van der Waals surface area (Å²) in [6.07, 6.45) is -6.90. The van der Waals surface area contributed by atoms with Crippen LogP contribution >= 0.6 is 11.3 Å². The van der Waals surface area contributed by atoms with Gasteiger partial charge in [-0.15, -0.1) is 11.3 Å². The van der Waals surface area contributed by atoms with Gasteiger partial charge in [0.1, 0.15) is 4.83 Å². The highest BCUT2D eigenvalue weighted by Gasteiger charge is 2.39. The van der Waals surface area contributed by atoms with Crippen LogP contribution in [0.4, 0.5) is 26.3 Å². The zero-order valence-corrected chi connectivity index (χ0v) is 14.9. The summed E-state index contributed by atoms with van der Waals surface area (Å²) in [5.41, 5.74) is -1.98. The molecule has 0 saturated heterocycles. The molecule has 2 heterocycles. The van der Waals surface area contributed by atoms with E-state index in [1.54, 1.807) is 0 Å². The van der Waals surface area contributed by atoms with Crippen LogP contribution in [0.3, 0.4) is 0 Å². The largest absolute Gasteiger partial charge is 0.450 e. The molecule has 4 rings (SSSR count). The van der Waals surface area contributed by atoms with Crippen LogP contribution in [-0.2, 0) is 25.2 Å². The molecular formula is C18H12F6N2OS. The van der Waals surface area contributed by atoms with Gasteiger partial charge in [0.05, 0.1) is 16.6 Å². The van der Waals surface area contributed by atoms with Gasteiger partial charge in [0.2, 0.25) is 5.82 Å². The zero-order chi connectivity index (χ0) is 20.3. The summed E-state index contributed by atoms with van der Waals surface area (Å²) < 4.78 is 80.2. The second-order valence-electron chi connectivity index (χ2n) is 6.51. The lowest BCUT2D eigenvalue weighted by molar-refractivity contribution is -0.146. The molecule has 0 saturated carbocycles. The summed E-state index contributed by atoms with van der Waals surface area (Å²) in [5.74, 6) is -1.53. The molecule has 0 amide bonds. The number of halogens is 6. The lowest BCUT2D eigenvalue weighted by Gasteiger charge is -2.16. The van der Waals surface area contributed by atoms with Crippen molar-refractivity contribution in [2.75, 3.05) is 0 Å². The fourth-order valence-electron chi connectivity index (χ4n) is 3.46. The molecule has 2 aromatic heterocycles. The minimum atomic E-state index is -5.01. The highest BCUT2D eigenvalue weighted by Crippen LogP contribution is 2.37. The summed E-state index contributed by atoms with van der Waals surface area (Å²) in [6.45, 7) is 0. The first-order valence-electron chi connectivity index (χ1n) is 8.39. The van der Waals surface area contributed by atoms with Crippen LogP contribution in [0.2, 0.25) is 0 Å². The molecule has 0 unspecified atom stereocenters. The van der Waals surface area contributed by atoms with Crippen molar-refractivity contribution >= 4 is 21.6 Å². The molecule has 1 aromatic carbocycles. The van der Waals surface area contributed by atoms with E-state index in [2.05, 4.69) is 4.98 Å². The molecule has 28 heavy (non-hydrogen) atoms. The van der Waals surface area contributed by atoms with Crippen LogP contribution in [-0.4, -0.2) is 9.55 Å². The Bertz CT molecular complexity index is 1130. The summed E-state index contributed by atoms with van der Waals surface area (Å²) in [7, 11) is 0. The lowest BCUT2D eigenvalue weighted by Crippen LogP contribution is -2.29. The molecule has 0 atom stereocenters. The first-order chi connectivity index (χ1) is 13.1. The lowest BCUT2D eigenvalue weighted by atomic mass is 9.97. The van der Waals surface area contributed by atoms with Crippen LogP contribution in [0.15, 0.2) is 29.1 Å². The summed E-state index contributed by atoms with van der Waals surface area (Å²) in [4.78, 5) is 17.5. The molecule has 10 heteroatoms. The Hall–Kier alpha value is -2.36. The van der Waals surface area contributed by atoms with Gasteiger partial charge < -0.3 is 0 Å². The SMILES string of the molecule is O=c1c2c3c(sc2nc(C(F)(F)F)n1-c1cccc(C(F)(F)F)c1)CCCC3. The number of fused-ring (bicyclic) bond motifs is 3. The third kappa shape index (κ3) is 3.09. The van der Waals surface area contributed by atoms with Crippen LogP contribution in [0, 0.1) is 0 Å². The first kappa shape index (κ1) is 19.0. The Morgan fingerprint density at radius 1 is 1.00 bits per heavy atom. The summed E-state index contributed by atoms with van der Waals surface area (Å²) >= 11 is 1.05. The molecule has 1 aliphatic carbocycles. The van der Waals surface area contributed by atoms with Crippen molar-refractivity contribution < 1.29 is 26.3 Å². The second-order valence-corrected chi connectivity index (χ2v) is 7.60. The van der Waals surface area contributed by atoms with Gasteiger partial charge in [-0.3, -0.25) is 9.36 Å². The number of rotatable bonds is 1. The molecule has 0 radical (unpaired) electrons. The van der Waals surface area contributed by atoms with Gasteiger partial charge >= 0.3 is 12.4 Å². The maximum atomic E-state index is 13.6. The van der Waals surface area contributed by atoms with E-state index in [4.69, 9.17) is 0 Å². The molecule has 0 fully saturated rings. The van der Waals surface area contributed by atoms with E-state index in [-0.39, 0.29) is 14.8 Å². The second kappa shape index (κ2) is 6.33. The van der Waals surface area contributed by atoms with Crippen LogP contribution < -0.4 is 5.56 Å². The third-order valence-electron chi connectivity index (χ3n) is 4.67. The minimum Gasteiger partial charge on any atom is -0.268 e. The Balaban J connectivity index is 2.07. The maximum absolute atomic E-state index is 13.6. The number of thiophene rings is 1. The number of hydrogen-bond acceptors (Lipinski definition) is 3. The molecular weight excluding hydrogens is 406 g/mol. The van der Waals surface area contributed by atoms with Gasteiger partial charge in [-0.2, -0.15) is 26.3 Å². The van der Waals surface area contributed by atoms with Gasteiger partial charge in [0.25, 0.3) is 5.56 Å². The van der Waals surface area contributed by atoms with Gasteiger partial charge in [0, 0.05) is 4.88 Å². The molecule has 0 N–H and O–H groups in total. The van der Waals surface area contributed by atoms with Crippen molar-refractivity contribution in [2.45, 2.75) is 38.0 Å². The third-order valence-corrected chi connectivity index (χ3v) is 5.86. The Kier molecular flexibility index (Phi) is 4.29. The molecule has 148 valence electrons. The Morgan fingerprint density at radius 3 is 2.39 bits per heavy atom. The topological polar surface area (TPSA) is 34.9 Å². The van der Waals surface area contributed by atoms with E-state index >= 15 is 0 Å². The smallest absolute Gasteiger partial charge is 0.268 e. The van der Waals surface area contributed by atoms with Crippen molar-refractivity contribution in [3.63, 3.8) is 0 Å². The highest BCUT2D eigenvalue weighted by atomic mass is 32.1. The highest BCUT2D eigenvalue weighted by molar-refractivity contribution is 7.18. The fourth-order valence-corrected chi connectivity index (χ4v) is 4.71. The molecule has 0 aliphatic heterocycles. The van der Waals surface area contributed by atoms with Gasteiger partial charge in [0.15, 0.2) is 0 Å². The van der Waals surface area contributed by atoms with Gasteiger partial charge in [-0.1, -0.05) is 6.07 Å². The maximum Gasteiger partial charge on any atom is 0.450 e. The van der Waals surface area contributed by atoms with Gasteiger partial charge in [-0.25, -0.2) is 4.98 Å². The van der Waals surface area contributed by atoms with Crippen molar-refractivity contribution in [2.24, 2.45) is 0 Å². The van der Waals surface area contributed by atoms with Crippen LogP contribution in [0.5, 0.6) is 0 Å². The predicted octanol–water partition coefficient (Wildman–Crippen LogP) is 5.36. The number of nitrogens with zero attached hydrogens (tertiary/aromatic N) is 2.